The Morgan fingerprint density at radius 3 is 2.56 bits per heavy atom. The molecule has 3 heteroatoms. The van der Waals surface area contributed by atoms with Gasteiger partial charge in [0.25, 0.3) is 0 Å². The molecule has 16 heavy (non-hydrogen) atoms. The second kappa shape index (κ2) is 4.77. The molecule has 2 aromatic rings. The Balaban J connectivity index is 2.10. The second-order valence-electron chi connectivity index (χ2n) is 3.34. The summed E-state index contributed by atoms with van der Waals surface area (Å²) in [4.78, 5) is 12.4. The molecule has 0 aliphatic rings. The number of hydrogen-bond donors (Lipinski definition) is 1. The number of carbonyl (C=O) groups is 1. The summed E-state index contributed by atoms with van der Waals surface area (Å²) in [7, 11) is 0. The molecular formula is C13H11NOS. The zero-order chi connectivity index (χ0) is 11.4. The Bertz CT molecular complexity index is 497. The molecule has 1 aromatic carbocycles. The Morgan fingerprint density at radius 2 is 1.94 bits per heavy atom. The second-order valence-corrected chi connectivity index (χ2v) is 4.29. The lowest BCUT2D eigenvalue weighted by atomic mass is 10.2. The van der Waals surface area contributed by atoms with E-state index in [4.69, 9.17) is 5.73 Å². The fraction of sp³-hybridized carbons (Fsp3) is 0. The fourth-order valence-corrected chi connectivity index (χ4v) is 1.93. The molecule has 0 atom stereocenters. The first kappa shape index (κ1) is 10.6. The quantitative estimate of drug-likeness (QED) is 0.499. The van der Waals surface area contributed by atoms with E-state index in [1.54, 1.807) is 12.2 Å². The Kier molecular flexibility index (Phi) is 3.17. The number of allylic oxidation sites excluding steroid dienone is 1. The number of carbonyl (C=O) groups excluding carboxylic acids is 1. The molecule has 2 rings (SSSR count). The smallest absolute Gasteiger partial charge is 0.195 e. The van der Waals surface area contributed by atoms with Crippen molar-refractivity contribution in [1.29, 1.82) is 0 Å². The van der Waals surface area contributed by atoms with Crippen molar-refractivity contribution in [1.82, 2.24) is 0 Å². The molecule has 80 valence electrons. The number of nitrogen functional groups attached to an aromatic ring is 1. The first-order valence-electron chi connectivity index (χ1n) is 4.87. The van der Waals surface area contributed by atoms with Crippen molar-refractivity contribution in [2.45, 2.75) is 0 Å². The fourth-order valence-electron chi connectivity index (χ4n) is 1.28. The standard InChI is InChI=1S/C13H11NOS/c14-11-6-3-10(4-7-11)5-8-12(15)13-2-1-9-16-13/h1-9H,14H2. The minimum atomic E-state index is 0.0341. The van der Waals surface area contributed by atoms with Crippen molar-refractivity contribution in [3.8, 4) is 0 Å². The lowest BCUT2D eigenvalue weighted by molar-refractivity contribution is 0.105. The van der Waals surface area contributed by atoms with Crippen molar-refractivity contribution in [2.75, 3.05) is 5.73 Å². The predicted octanol–water partition coefficient (Wildman–Crippen LogP) is 3.23. The van der Waals surface area contributed by atoms with Crippen LogP contribution in [0.25, 0.3) is 6.08 Å². The highest BCUT2D eigenvalue weighted by atomic mass is 32.1. The molecule has 2 nitrogen and oxygen atoms in total. The van der Waals surface area contributed by atoms with Gasteiger partial charge in [-0.15, -0.1) is 11.3 Å². The molecule has 0 amide bonds. The summed E-state index contributed by atoms with van der Waals surface area (Å²) in [6.07, 6.45) is 3.37. The van der Waals surface area contributed by atoms with Crippen LogP contribution in [0.15, 0.2) is 47.9 Å². The zero-order valence-electron chi connectivity index (χ0n) is 8.59. The molecule has 0 spiro atoms. The average molecular weight is 229 g/mol. The largest absolute Gasteiger partial charge is 0.399 e. The molecule has 0 fully saturated rings. The third kappa shape index (κ3) is 2.58. The van der Waals surface area contributed by atoms with Gasteiger partial charge in [0, 0.05) is 5.69 Å². The Labute approximate surface area is 98.0 Å². The summed E-state index contributed by atoms with van der Waals surface area (Å²) in [5.74, 6) is 0.0341. The molecule has 0 bridgehead atoms. The van der Waals surface area contributed by atoms with Crippen molar-refractivity contribution < 1.29 is 4.79 Å². The summed E-state index contributed by atoms with van der Waals surface area (Å²) in [6.45, 7) is 0. The first-order valence-corrected chi connectivity index (χ1v) is 5.75. The van der Waals surface area contributed by atoms with Gasteiger partial charge in [-0.2, -0.15) is 0 Å². The van der Waals surface area contributed by atoms with E-state index in [-0.39, 0.29) is 5.78 Å². The number of benzene rings is 1. The van der Waals surface area contributed by atoms with E-state index in [9.17, 15) is 4.79 Å². The number of nitrogens with two attached hydrogens (primary N) is 1. The van der Waals surface area contributed by atoms with Crippen LogP contribution < -0.4 is 5.73 Å². The number of anilines is 1. The normalized spacial score (nSPS) is 10.8. The van der Waals surface area contributed by atoms with Crippen molar-refractivity contribution >= 4 is 28.9 Å². The van der Waals surface area contributed by atoms with Crippen LogP contribution in [-0.4, -0.2) is 5.78 Å². The minimum absolute atomic E-state index is 0.0341. The van der Waals surface area contributed by atoms with Crippen LogP contribution in [0.1, 0.15) is 15.2 Å². The van der Waals surface area contributed by atoms with Crippen LogP contribution in [0.4, 0.5) is 5.69 Å². The summed E-state index contributed by atoms with van der Waals surface area (Å²) >= 11 is 1.45. The van der Waals surface area contributed by atoms with Gasteiger partial charge in [0.15, 0.2) is 5.78 Å². The van der Waals surface area contributed by atoms with Gasteiger partial charge < -0.3 is 5.73 Å². The van der Waals surface area contributed by atoms with Gasteiger partial charge in [-0.3, -0.25) is 4.79 Å². The Morgan fingerprint density at radius 1 is 1.19 bits per heavy atom. The highest BCUT2D eigenvalue weighted by Crippen LogP contribution is 2.12. The lowest BCUT2D eigenvalue weighted by Crippen LogP contribution is -1.88. The lowest BCUT2D eigenvalue weighted by Gasteiger charge is -1.94. The molecule has 0 saturated carbocycles. The van der Waals surface area contributed by atoms with E-state index in [2.05, 4.69) is 0 Å². The molecule has 1 heterocycles. The van der Waals surface area contributed by atoms with Crippen LogP contribution in [0.5, 0.6) is 0 Å². The van der Waals surface area contributed by atoms with Gasteiger partial charge in [0.1, 0.15) is 0 Å². The van der Waals surface area contributed by atoms with Gasteiger partial charge >= 0.3 is 0 Å². The molecule has 1 aromatic heterocycles. The highest BCUT2D eigenvalue weighted by Gasteiger charge is 2.00. The topological polar surface area (TPSA) is 43.1 Å². The molecule has 0 unspecified atom stereocenters. The third-order valence-electron chi connectivity index (χ3n) is 2.13. The van der Waals surface area contributed by atoms with Crippen molar-refractivity contribution in [3.05, 3.63) is 58.3 Å². The first-order chi connectivity index (χ1) is 7.75. The molecule has 2 N–H and O–H groups in total. The van der Waals surface area contributed by atoms with Crippen LogP contribution >= 0.6 is 11.3 Å². The summed E-state index contributed by atoms with van der Waals surface area (Å²) in [5.41, 5.74) is 7.27. The van der Waals surface area contributed by atoms with Crippen molar-refractivity contribution in [2.24, 2.45) is 0 Å². The predicted molar refractivity (Wildman–Crippen MR) is 68.5 cm³/mol. The van der Waals surface area contributed by atoms with Gasteiger partial charge in [-0.05, 0) is 35.2 Å². The highest BCUT2D eigenvalue weighted by molar-refractivity contribution is 7.12. The molecule has 0 saturated heterocycles. The van der Waals surface area contributed by atoms with E-state index in [0.29, 0.717) is 0 Å². The molecule has 0 aliphatic carbocycles. The number of rotatable bonds is 3. The maximum absolute atomic E-state index is 11.6. The van der Waals surface area contributed by atoms with E-state index < -0.39 is 0 Å². The number of hydrogen-bond acceptors (Lipinski definition) is 3. The van der Waals surface area contributed by atoms with Crippen LogP contribution in [0, 0.1) is 0 Å². The van der Waals surface area contributed by atoms with Crippen molar-refractivity contribution in [3.63, 3.8) is 0 Å². The Hall–Kier alpha value is -1.87. The van der Waals surface area contributed by atoms with E-state index >= 15 is 0 Å². The number of ketones is 1. The van der Waals surface area contributed by atoms with E-state index in [1.807, 2.05) is 41.8 Å². The number of thiophene rings is 1. The summed E-state index contributed by atoms with van der Waals surface area (Å²) in [5, 5.41) is 1.89. The zero-order valence-corrected chi connectivity index (χ0v) is 9.41. The summed E-state index contributed by atoms with van der Waals surface area (Å²) in [6, 6.07) is 11.1. The van der Waals surface area contributed by atoms with Crippen LogP contribution in [0.3, 0.4) is 0 Å². The van der Waals surface area contributed by atoms with Crippen LogP contribution in [0.2, 0.25) is 0 Å². The molecule has 0 aliphatic heterocycles. The maximum Gasteiger partial charge on any atom is 0.195 e. The van der Waals surface area contributed by atoms with E-state index in [0.717, 1.165) is 16.1 Å². The molecule has 0 radical (unpaired) electrons. The van der Waals surface area contributed by atoms with Gasteiger partial charge in [0.05, 0.1) is 4.88 Å². The van der Waals surface area contributed by atoms with Gasteiger partial charge in [0.2, 0.25) is 0 Å². The minimum Gasteiger partial charge on any atom is -0.399 e. The van der Waals surface area contributed by atoms with Gasteiger partial charge in [-0.1, -0.05) is 24.3 Å². The SMILES string of the molecule is Nc1ccc(C=CC(=O)c2cccs2)cc1. The monoisotopic (exact) mass is 229 g/mol. The van der Waals surface area contributed by atoms with Gasteiger partial charge in [-0.25, -0.2) is 0 Å². The van der Waals surface area contributed by atoms with E-state index in [1.165, 1.54) is 11.3 Å². The average Bonchev–Trinajstić information content (AvgIpc) is 2.81. The molecular weight excluding hydrogens is 218 g/mol. The summed E-state index contributed by atoms with van der Waals surface area (Å²) < 4.78 is 0. The maximum atomic E-state index is 11.6. The van der Waals surface area contributed by atoms with Crippen LogP contribution in [-0.2, 0) is 0 Å². The third-order valence-corrected chi connectivity index (χ3v) is 3.01.